The second-order valence-corrected chi connectivity index (χ2v) is 10.4. The van der Waals surface area contributed by atoms with E-state index in [0.717, 1.165) is 18.1 Å². The highest BCUT2D eigenvalue weighted by molar-refractivity contribution is 7.80. The fraction of sp³-hybridized carbons (Fsp3) is 0.560. The minimum atomic E-state index is -4.62. The van der Waals surface area contributed by atoms with Crippen molar-refractivity contribution in [2.24, 2.45) is 11.8 Å². The van der Waals surface area contributed by atoms with E-state index in [2.05, 4.69) is 34.4 Å². The van der Waals surface area contributed by atoms with Crippen LogP contribution in [0, 0.1) is 17.7 Å². The minimum absolute atomic E-state index is 0.119. The van der Waals surface area contributed by atoms with Gasteiger partial charge < -0.3 is 20.3 Å². The lowest BCUT2D eigenvalue weighted by molar-refractivity contribution is -0.141. The number of halogens is 4. The highest BCUT2D eigenvalue weighted by Gasteiger charge is 2.36. The Morgan fingerprint density at radius 1 is 1.11 bits per heavy atom. The largest absolute Gasteiger partial charge is 0.433 e. The number of ether oxygens (including phenoxy) is 1. The molecule has 3 heterocycles. The minimum Gasteiger partial charge on any atom is -0.381 e. The Hall–Kier alpha value is -2.53. The smallest absolute Gasteiger partial charge is 0.381 e. The van der Waals surface area contributed by atoms with E-state index < -0.39 is 11.9 Å². The maximum Gasteiger partial charge on any atom is 0.433 e. The van der Waals surface area contributed by atoms with Crippen molar-refractivity contribution in [3.05, 3.63) is 47.4 Å². The zero-order valence-electron chi connectivity index (χ0n) is 20.4. The van der Waals surface area contributed by atoms with Crippen LogP contribution in [0.5, 0.6) is 0 Å². The van der Waals surface area contributed by atoms with Crippen molar-refractivity contribution in [3.63, 3.8) is 0 Å². The molecule has 2 aromatic rings. The molecule has 2 aliphatic heterocycles. The molecule has 2 N–H and O–H groups in total. The summed E-state index contributed by atoms with van der Waals surface area (Å²) < 4.78 is 59.9. The van der Waals surface area contributed by atoms with Crippen LogP contribution in [-0.4, -0.2) is 47.9 Å². The van der Waals surface area contributed by atoms with E-state index in [1.54, 1.807) is 12.1 Å². The SMILES string of the molecule is C[C@H]1C[C@H](C)CN(c2cc(C(F)(F)F)nc(NC(=S)NCC3(c4ccc(F)cc4)CCOCC3)n2)C1. The lowest BCUT2D eigenvalue weighted by atomic mass is 9.74. The first-order valence-corrected chi connectivity index (χ1v) is 12.5. The third-order valence-electron chi connectivity index (χ3n) is 6.92. The van der Waals surface area contributed by atoms with E-state index in [9.17, 15) is 17.6 Å². The van der Waals surface area contributed by atoms with Crippen molar-refractivity contribution >= 4 is 29.1 Å². The molecule has 0 saturated carbocycles. The highest BCUT2D eigenvalue weighted by atomic mass is 32.1. The van der Waals surface area contributed by atoms with Crippen LogP contribution >= 0.6 is 12.2 Å². The van der Waals surface area contributed by atoms with Gasteiger partial charge in [0.05, 0.1) is 0 Å². The van der Waals surface area contributed by atoms with Crippen LogP contribution in [0.1, 0.15) is 44.4 Å². The fourth-order valence-corrected chi connectivity index (χ4v) is 5.34. The van der Waals surface area contributed by atoms with Crippen molar-refractivity contribution in [2.75, 3.05) is 43.1 Å². The van der Waals surface area contributed by atoms with E-state index in [1.807, 2.05) is 4.90 Å². The van der Waals surface area contributed by atoms with Crippen LogP contribution in [0.2, 0.25) is 0 Å². The van der Waals surface area contributed by atoms with Gasteiger partial charge in [0.25, 0.3) is 0 Å². The standard InChI is InChI=1S/C25H31F4N5OS/c1-16-11-17(2)14-34(13-16)21-12-20(25(27,28)29)31-22(32-21)33-23(36)30-15-24(7-9-35-10-8-24)18-3-5-19(26)6-4-18/h3-6,12,16-17H,7-11,13-15H2,1-2H3,(H2,30,31,32,33,36)/t16-,17-/m0/s1. The van der Waals surface area contributed by atoms with Crippen molar-refractivity contribution in [3.8, 4) is 0 Å². The molecule has 2 saturated heterocycles. The first kappa shape index (κ1) is 26.5. The summed E-state index contributed by atoms with van der Waals surface area (Å²) >= 11 is 5.41. The first-order chi connectivity index (χ1) is 17.0. The molecule has 6 nitrogen and oxygen atoms in total. The molecule has 1 aromatic heterocycles. The molecule has 0 bridgehead atoms. The molecule has 2 atom stereocenters. The van der Waals surface area contributed by atoms with Crippen LogP contribution in [0.4, 0.5) is 29.3 Å². The van der Waals surface area contributed by atoms with Gasteiger partial charge in [0.2, 0.25) is 5.95 Å². The number of piperidine rings is 1. The van der Waals surface area contributed by atoms with E-state index in [1.165, 1.54) is 12.1 Å². The van der Waals surface area contributed by atoms with Crippen molar-refractivity contribution < 1.29 is 22.3 Å². The van der Waals surface area contributed by atoms with Gasteiger partial charge in [-0.05, 0) is 61.0 Å². The number of nitrogens with one attached hydrogen (secondary N) is 2. The van der Waals surface area contributed by atoms with E-state index >= 15 is 0 Å². The summed E-state index contributed by atoms with van der Waals surface area (Å²) in [6, 6.07) is 7.34. The molecule has 1 aromatic carbocycles. The topological polar surface area (TPSA) is 62.3 Å². The van der Waals surface area contributed by atoms with E-state index in [4.69, 9.17) is 17.0 Å². The zero-order chi connectivity index (χ0) is 25.9. The number of nitrogens with zero attached hydrogens (tertiary/aromatic N) is 3. The molecule has 196 valence electrons. The van der Waals surface area contributed by atoms with Gasteiger partial charge in [-0.25, -0.2) is 9.37 Å². The molecular weight excluding hydrogens is 494 g/mol. The Morgan fingerprint density at radius 2 is 1.75 bits per heavy atom. The number of aromatic nitrogens is 2. The predicted molar refractivity (Wildman–Crippen MR) is 135 cm³/mol. The Labute approximate surface area is 213 Å². The first-order valence-electron chi connectivity index (χ1n) is 12.1. The molecule has 0 aliphatic carbocycles. The molecule has 0 radical (unpaired) electrons. The average molecular weight is 526 g/mol. The predicted octanol–water partition coefficient (Wildman–Crippen LogP) is 5.15. The van der Waals surface area contributed by atoms with Crippen LogP contribution < -0.4 is 15.5 Å². The number of thiocarbonyl (C=S) groups is 1. The van der Waals surface area contributed by atoms with Gasteiger partial charge >= 0.3 is 6.18 Å². The molecule has 2 fully saturated rings. The number of hydrogen-bond acceptors (Lipinski definition) is 5. The number of anilines is 2. The van der Waals surface area contributed by atoms with Gasteiger partial charge in [-0.1, -0.05) is 26.0 Å². The molecule has 36 heavy (non-hydrogen) atoms. The average Bonchev–Trinajstić information content (AvgIpc) is 2.82. The number of benzene rings is 1. The quantitative estimate of drug-likeness (QED) is 0.414. The molecule has 11 heteroatoms. The second kappa shape index (κ2) is 10.8. The molecule has 4 rings (SSSR count). The van der Waals surface area contributed by atoms with Crippen LogP contribution in [0.15, 0.2) is 30.3 Å². The molecule has 0 unspecified atom stereocenters. The summed E-state index contributed by atoms with van der Waals surface area (Å²) in [5, 5.41) is 6.00. The molecule has 0 amide bonds. The number of alkyl halides is 3. The highest BCUT2D eigenvalue weighted by Crippen LogP contribution is 2.35. The monoisotopic (exact) mass is 525 g/mol. The normalized spacial score (nSPS) is 22.2. The molecular formula is C25H31F4N5OS. The number of rotatable bonds is 5. The van der Waals surface area contributed by atoms with Crippen LogP contribution in [0.25, 0.3) is 0 Å². The summed E-state index contributed by atoms with van der Waals surface area (Å²) in [5.41, 5.74) is -0.415. The Bertz CT molecular complexity index is 1050. The summed E-state index contributed by atoms with van der Waals surface area (Å²) in [6.07, 6.45) is -2.20. The third-order valence-corrected chi connectivity index (χ3v) is 7.16. The fourth-order valence-electron chi connectivity index (χ4n) is 5.18. The van der Waals surface area contributed by atoms with Gasteiger partial charge in [-0.3, -0.25) is 0 Å². The summed E-state index contributed by atoms with van der Waals surface area (Å²) in [6.45, 7) is 6.92. The Balaban J connectivity index is 1.51. The van der Waals surface area contributed by atoms with E-state index in [-0.39, 0.29) is 28.1 Å². The lowest BCUT2D eigenvalue weighted by Crippen LogP contribution is -2.45. The Morgan fingerprint density at radius 3 is 2.36 bits per heavy atom. The van der Waals surface area contributed by atoms with Crippen molar-refractivity contribution in [2.45, 2.75) is 44.7 Å². The van der Waals surface area contributed by atoms with Crippen molar-refractivity contribution in [1.29, 1.82) is 0 Å². The Kier molecular flexibility index (Phi) is 7.99. The molecule has 0 spiro atoms. The summed E-state index contributed by atoms with van der Waals surface area (Å²) in [5.74, 6) is 0.402. The molecule has 2 aliphatic rings. The number of hydrogen-bond donors (Lipinski definition) is 2. The maximum absolute atomic E-state index is 13.6. The van der Waals surface area contributed by atoms with Crippen LogP contribution in [0.3, 0.4) is 0 Å². The van der Waals surface area contributed by atoms with E-state index in [0.29, 0.717) is 57.5 Å². The second-order valence-electron chi connectivity index (χ2n) is 9.99. The lowest BCUT2D eigenvalue weighted by Gasteiger charge is -2.38. The third kappa shape index (κ3) is 6.42. The zero-order valence-corrected chi connectivity index (χ0v) is 21.2. The van der Waals surface area contributed by atoms with Gasteiger partial charge in [-0.15, -0.1) is 0 Å². The maximum atomic E-state index is 13.6. The van der Waals surface area contributed by atoms with Gasteiger partial charge in [0.1, 0.15) is 11.6 Å². The summed E-state index contributed by atoms with van der Waals surface area (Å²) in [7, 11) is 0. The van der Waals surface area contributed by atoms with Crippen LogP contribution in [-0.2, 0) is 16.3 Å². The van der Waals surface area contributed by atoms with Gasteiger partial charge in [0.15, 0.2) is 10.8 Å². The summed E-state index contributed by atoms with van der Waals surface area (Å²) in [4.78, 5) is 9.95. The van der Waals surface area contributed by atoms with Gasteiger partial charge in [0, 0.05) is 44.3 Å². The van der Waals surface area contributed by atoms with Gasteiger partial charge in [-0.2, -0.15) is 18.2 Å². The van der Waals surface area contributed by atoms with Crippen molar-refractivity contribution in [1.82, 2.24) is 15.3 Å².